The standard InChI is InChI=1S/C32H44F2N2O13/c1-28(2)48-25-13-18-19-12-21(33)20-11-17(37)7-8-29(20,3)31(19,34)23(38)14-30(18,4)32(25,49-28)24(39)16-46-27(41)45-15-22(35)26(40)44-9-5-6-10-47-36(42)43/h7-8,11,18-19,21-23,25,38,42-43H,5-6,9-10,12-16,35H2,1-4H3/t18?,19?,21-,22-,23-,25+,29-,30-,31-,32+/m0/s1. The molecule has 49 heavy (non-hydrogen) atoms. The summed E-state index contributed by atoms with van der Waals surface area (Å²) in [7, 11) is 0. The first-order valence-corrected chi connectivity index (χ1v) is 16.2. The Hall–Kier alpha value is -2.90. The highest BCUT2D eigenvalue weighted by Gasteiger charge is 2.80. The largest absolute Gasteiger partial charge is 0.508 e. The van der Waals surface area contributed by atoms with E-state index in [-0.39, 0.29) is 38.0 Å². The van der Waals surface area contributed by atoms with Crippen molar-refractivity contribution in [3.63, 3.8) is 0 Å². The number of allylic oxidation sites excluding steroid dienone is 4. The van der Waals surface area contributed by atoms with Crippen LogP contribution in [0.1, 0.15) is 59.8 Å². The van der Waals surface area contributed by atoms with Gasteiger partial charge in [0.1, 0.15) is 18.8 Å². The molecule has 17 heteroatoms. The molecule has 1 aliphatic heterocycles. The summed E-state index contributed by atoms with van der Waals surface area (Å²) in [6.45, 7) is 4.74. The van der Waals surface area contributed by atoms with Gasteiger partial charge in [-0.15, -0.1) is 0 Å². The lowest BCUT2D eigenvalue weighted by atomic mass is 9.44. The number of aliphatic hydroxyl groups excluding tert-OH is 1. The summed E-state index contributed by atoms with van der Waals surface area (Å²) in [4.78, 5) is 55.2. The van der Waals surface area contributed by atoms with E-state index in [4.69, 9.17) is 39.8 Å². The molecule has 3 saturated carbocycles. The highest BCUT2D eigenvalue weighted by Crippen LogP contribution is 2.72. The van der Waals surface area contributed by atoms with E-state index in [1.807, 2.05) is 0 Å². The Bertz CT molecular complexity index is 1410. The van der Waals surface area contributed by atoms with Crippen molar-refractivity contribution in [2.24, 2.45) is 28.4 Å². The van der Waals surface area contributed by atoms with Crippen LogP contribution in [0.25, 0.3) is 0 Å². The Kier molecular flexibility index (Phi) is 10.2. The summed E-state index contributed by atoms with van der Waals surface area (Å²) in [5.41, 5.74) is -1.41. The first-order valence-electron chi connectivity index (χ1n) is 16.2. The maximum atomic E-state index is 17.6. The minimum atomic E-state index is -2.38. The molecule has 4 fully saturated rings. The molecule has 0 aromatic rings. The molecule has 10 atom stereocenters. The number of nitrogens with zero attached hydrogens (tertiary/aromatic N) is 1. The fourth-order valence-corrected chi connectivity index (χ4v) is 8.93. The average Bonchev–Trinajstić information content (AvgIpc) is 3.43. The second-order valence-electron chi connectivity index (χ2n) is 14.3. The van der Waals surface area contributed by atoms with Crippen molar-refractivity contribution in [2.45, 2.75) is 101 Å². The first kappa shape index (κ1) is 37.4. The quantitative estimate of drug-likeness (QED) is 0.130. The molecule has 1 saturated heterocycles. The number of nitrogens with two attached hydrogens (primary N) is 1. The minimum absolute atomic E-state index is 0.0247. The molecule has 15 nitrogen and oxygen atoms in total. The van der Waals surface area contributed by atoms with Crippen molar-refractivity contribution in [3.05, 3.63) is 23.8 Å². The van der Waals surface area contributed by atoms with Crippen LogP contribution in [0.2, 0.25) is 0 Å². The second-order valence-corrected chi connectivity index (χ2v) is 14.3. The Labute approximate surface area is 281 Å². The van der Waals surface area contributed by atoms with Crippen LogP contribution in [0.5, 0.6) is 0 Å². The number of hydrogen-bond donors (Lipinski definition) is 4. The topological polar surface area (TPSA) is 214 Å². The lowest BCUT2D eigenvalue weighted by Crippen LogP contribution is -2.71. The monoisotopic (exact) mass is 702 g/mol. The molecule has 0 aromatic carbocycles. The smallest absolute Gasteiger partial charge is 0.464 e. The van der Waals surface area contributed by atoms with E-state index in [9.17, 15) is 24.3 Å². The van der Waals surface area contributed by atoms with Gasteiger partial charge in [-0.1, -0.05) is 13.0 Å². The minimum Gasteiger partial charge on any atom is -0.464 e. The van der Waals surface area contributed by atoms with Gasteiger partial charge in [-0.25, -0.2) is 13.6 Å². The van der Waals surface area contributed by atoms with Crippen LogP contribution in [0.3, 0.4) is 0 Å². The van der Waals surface area contributed by atoms with Gasteiger partial charge in [-0.05, 0) is 76.5 Å². The molecule has 0 aromatic heterocycles. The average molecular weight is 703 g/mol. The number of aliphatic hydroxyl groups is 1. The molecule has 4 aliphatic carbocycles. The summed E-state index contributed by atoms with van der Waals surface area (Å²) < 4.78 is 60.9. The third-order valence-electron chi connectivity index (χ3n) is 11.0. The van der Waals surface area contributed by atoms with Gasteiger partial charge in [0.05, 0.1) is 30.8 Å². The van der Waals surface area contributed by atoms with Gasteiger partial charge in [0, 0.05) is 16.7 Å². The van der Waals surface area contributed by atoms with Crippen LogP contribution in [0, 0.1) is 22.7 Å². The maximum absolute atomic E-state index is 17.6. The summed E-state index contributed by atoms with van der Waals surface area (Å²) in [5.74, 6) is -5.16. The van der Waals surface area contributed by atoms with Gasteiger partial charge in [-0.3, -0.25) is 29.6 Å². The number of hydrogen-bond acceptors (Lipinski definition) is 15. The fraction of sp³-hybridized carbons (Fsp3) is 0.750. The summed E-state index contributed by atoms with van der Waals surface area (Å²) in [6.07, 6.45) is -1.90. The van der Waals surface area contributed by atoms with Gasteiger partial charge in [0.15, 0.2) is 29.4 Å². The summed E-state index contributed by atoms with van der Waals surface area (Å²) in [5, 5.41) is 28.1. The zero-order chi connectivity index (χ0) is 36.2. The van der Waals surface area contributed by atoms with E-state index in [1.165, 1.54) is 19.1 Å². The number of rotatable bonds is 12. The van der Waals surface area contributed by atoms with Crippen LogP contribution in [0.15, 0.2) is 23.8 Å². The second kappa shape index (κ2) is 13.3. The van der Waals surface area contributed by atoms with Gasteiger partial charge in [-0.2, -0.15) is 0 Å². The number of carbonyl (C=O) groups is 4. The van der Waals surface area contributed by atoms with E-state index in [1.54, 1.807) is 20.8 Å². The van der Waals surface area contributed by atoms with Crippen LogP contribution >= 0.6 is 0 Å². The van der Waals surface area contributed by atoms with Crippen LogP contribution in [-0.2, 0) is 42.9 Å². The van der Waals surface area contributed by atoms with Gasteiger partial charge in [0.25, 0.3) is 0 Å². The van der Waals surface area contributed by atoms with Crippen molar-refractivity contribution in [1.29, 1.82) is 0 Å². The Balaban J connectivity index is 1.26. The number of Topliss-reactive ketones (excluding diaryl/α,β-unsaturated/α-hetero) is 1. The Morgan fingerprint density at radius 2 is 1.78 bits per heavy atom. The Morgan fingerprint density at radius 3 is 2.47 bits per heavy atom. The van der Waals surface area contributed by atoms with Crippen LogP contribution < -0.4 is 5.73 Å². The zero-order valence-electron chi connectivity index (χ0n) is 27.8. The lowest BCUT2D eigenvalue weighted by Gasteiger charge is -2.63. The number of halogens is 2. The molecule has 0 radical (unpaired) electrons. The number of ketones is 2. The van der Waals surface area contributed by atoms with Crippen LogP contribution in [-0.4, -0.2) is 113 Å². The van der Waals surface area contributed by atoms with E-state index in [2.05, 4.69) is 4.84 Å². The van der Waals surface area contributed by atoms with Crippen molar-refractivity contribution < 1.29 is 72.0 Å². The van der Waals surface area contributed by atoms with Gasteiger partial charge < -0.3 is 34.5 Å². The molecule has 0 spiro atoms. The molecule has 1 heterocycles. The summed E-state index contributed by atoms with van der Waals surface area (Å²) >= 11 is 0. The van der Waals surface area contributed by atoms with E-state index >= 15 is 8.78 Å². The highest BCUT2D eigenvalue weighted by atomic mass is 19.1. The van der Waals surface area contributed by atoms with E-state index in [0.29, 0.717) is 12.8 Å². The van der Waals surface area contributed by atoms with Crippen molar-refractivity contribution in [1.82, 2.24) is 5.39 Å². The van der Waals surface area contributed by atoms with Crippen molar-refractivity contribution >= 4 is 23.7 Å². The number of esters is 1. The molecule has 274 valence electrons. The van der Waals surface area contributed by atoms with E-state index in [0.717, 1.165) is 6.08 Å². The van der Waals surface area contributed by atoms with Gasteiger partial charge in [0.2, 0.25) is 5.78 Å². The van der Waals surface area contributed by atoms with Gasteiger partial charge >= 0.3 is 12.1 Å². The predicted molar refractivity (Wildman–Crippen MR) is 159 cm³/mol. The molecule has 5 N–H and O–H groups in total. The normalized spacial score (nSPS) is 39.3. The highest BCUT2D eigenvalue weighted by molar-refractivity contribution is 6.01. The Morgan fingerprint density at radius 1 is 1.08 bits per heavy atom. The number of carbonyl (C=O) groups excluding carboxylic acids is 4. The lowest BCUT2D eigenvalue weighted by molar-refractivity contribution is -0.492. The molecule has 0 bridgehead atoms. The summed E-state index contributed by atoms with van der Waals surface area (Å²) in [6, 6.07) is -1.37. The third kappa shape index (κ3) is 6.22. The molecule has 5 aliphatic rings. The molecular weight excluding hydrogens is 658 g/mol. The van der Waals surface area contributed by atoms with Crippen molar-refractivity contribution in [3.8, 4) is 0 Å². The number of unbranched alkanes of at least 4 members (excludes halogenated alkanes) is 1. The predicted octanol–water partition coefficient (Wildman–Crippen LogP) is 2.19. The maximum Gasteiger partial charge on any atom is 0.508 e. The molecular formula is C32H44F2N2O13. The number of ether oxygens (including phenoxy) is 5. The molecule has 2 unspecified atom stereocenters. The zero-order valence-corrected chi connectivity index (χ0v) is 27.8. The first-order chi connectivity index (χ1) is 22.8. The number of alkyl halides is 2. The van der Waals surface area contributed by atoms with E-state index < -0.39 is 106 Å². The van der Waals surface area contributed by atoms with Crippen LogP contribution in [0.4, 0.5) is 13.6 Å². The SMILES string of the molecule is CC1(C)O[C@@H]2CC3C4C[C@H](F)C5=CC(=O)C=C[C@]5(C)[C@@]4(F)[C@@H](O)C[C@]3(C)[C@]2(C(=O)COC(=O)OC[C@H](N)C(=O)OCCCCON(O)O)O1. The number of fused-ring (bicyclic) bond motifs is 7. The molecule has 0 amide bonds. The third-order valence-corrected chi connectivity index (χ3v) is 11.0. The van der Waals surface area contributed by atoms with Crippen molar-refractivity contribution in [2.75, 3.05) is 26.4 Å². The fourth-order valence-electron chi connectivity index (χ4n) is 8.93. The molecule has 5 rings (SSSR count).